The molecule has 0 fully saturated rings. The Morgan fingerprint density at radius 3 is 2.09 bits per heavy atom. The number of anilines is 1. The number of methoxy groups -OCH3 is 1. The molecular weight excluding hydrogens is 444 g/mol. The van der Waals surface area contributed by atoms with Crippen LogP contribution in [-0.4, -0.2) is 38.6 Å². The van der Waals surface area contributed by atoms with Gasteiger partial charge in [0.1, 0.15) is 17.2 Å². The fourth-order valence-electron chi connectivity index (χ4n) is 3.44. The molecule has 0 saturated heterocycles. The summed E-state index contributed by atoms with van der Waals surface area (Å²) in [5, 5.41) is 2.83. The summed E-state index contributed by atoms with van der Waals surface area (Å²) < 4.78 is 33.7. The van der Waals surface area contributed by atoms with Crippen LogP contribution in [0.4, 0.5) is 5.69 Å². The highest BCUT2D eigenvalue weighted by atomic mass is 32.2. The minimum atomic E-state index is -3.27. The van der Waals surface area contributed by atoms with Gasteiger partial charge in [-0.25, -0.2) is 13.2 Å². The van der Waals surface area contributed by atoms with Crippen LogP contribution in [0.5, 0.6) is 11.5 Å². The van der Waals surface area contributed by atoms with Crippen LogP contribution < -0.4 is 10.1 Å². The van der Waals surface area contributed by atoms with Gasteiger partial charge in [0.05, 0.1) is 17.6 Å². The van der Waals surface area contributed by atoms with Gasteiger partial charge in [-0.15, -0.1) is 0 Å². The molecule has 2 aromatic carbocycles. The van der Waals surface area contributed by atoms with Gasteiger partial charge in [0.15, 0.2) is 9.84 Å². The summed E-state index contributed by atoms with van der Waals surface area (Å²) in [5.41, 5.74) is 2.50. The van der Waals surface area contributed by atoms with Crippen LogP contribution in [0.25, 0.3) is 0 Å². The van der Waals surface area contributed by atoms with E-state index in [1.807, 2.05) is 6.92 Å². The third kappa shape index (κ3) is 5.61. The van der Waals surface area contributed by atoms with E-state index < -0.39 is 15.8 Å². The van der Waals surface area contributed by atoms with Gasteiger partial charge >= 0.3 is 5.97 Å². The molecule has 0 aliphatic heterocycles. The number of carbonyl (C=O) groups excluding carboxylic acids is 2. The molecule has 0 aliphatic rings. The fraction of sp³-hybridized carbons (Fsp3) is 0.250. The zero-order chi connectivity index (χ0) is 24.2. The van der Waals surface area contributed by atoms with Crippen molar-refractivity contribution in [2.45, 2.75) is 31.6 Å². The SMILES string of the molecule is CCCc1c(C(=O)Nc2ccc(Oc3ccc(S(C)(=O)=O)cc3)cc2)[nH]c(C)c1C(=O)OC. The summed E-state index contributed by atoms with van der Waals surface area (Å²) in [5.74, 6) is 0.176. The topological polar surface area (TPSA) is 115 Å². The van der Waals surface area contributed by atoms with E-state index in [1.165, 1.54) is 19.2 Å². The van der Waals surface area contributed by atoms with Gasteiger partial charge in [-0.3, -0.25) is 4.79 Å². The molecule has 0 spiro atoms. The first-order valence-corrected chi connectivity index (χ1v) is 12.2. The van der Waals surface area contributed by atoms with Gasteiger partial charge in [-0.05, 0) is 67.4 Å². The number of esters is 1. The average Bonchev–Trinajstić information content (AvgIpc) is 3.10. The zero-order valence-corrected chi connectivity index (χ0v) is 19.7. The second kappa shape index (κ2) is 9.91. The number of H-pyrrole nitrogens is 1. The lowest BCUT2D eigenvalue weighted by molar-refractivity contribution is 0.0599. The van der Waals surface area contributed by atoms with Crippen LogP contribution in [-0.2, 0) is 21.0 Å². The fourth-order valence-corrected chi connectivity index (χ4v) is 4.07. The van der Waals surface area contributed by atoms with Crippen LogP contribution in [0.1, 0.15) is 45.4 Å². The minimum absolute atomic E-state index is 0.213. The molecule has 1 aromatic heterocycles. The quantitative estimate of drug-likeness (QED) is 0.468. The van der Waals surface area contributed by atoms with Crippen molar-refractivity contribution in [3.05, 3.63) is 71.0 Å². The van der Waals surface area contributed by atoms with Crippen molar-refractivity contribution < 1.29 is 27.5 Å². The highest BCUT2D eigenvalue weighted by molar-refractivity contribution is 7.90. The smallest absolute Gasteiger partial charge is 0.339 e. The molecule has 3 rings (SSSR count). The summed E-state index contributed by atoms with van der Waals surface area (Å²) in [6.45, 7) is 3.70. The Labute approximate surface area is 192 Å². The molecule has 0 atom stereocenters. The third-order valence-corrected chi connectivity index (χ3v) is 6.14. The normalized spacial score (nSPS) is 11.2. The number of amides is 1. The number of hydrogen-bond acceptors (Lipinski definition) is 6. The predicted octanol–water partition coefficient (Wildman–Crippen LogP) is 4.51. The molecule has 0 radical (unpaired) electrons. The molecule has 1 heterocycles. The van der Waals surface area contributed by atoms with Crippen molar-refractivity contribution in [2.24, 2.45) is 0 Å². The van der Waals surface area contributed by atoms with E-state index >= 15 is 0 Å². The summed E-state index contributed by atoms with van der Waals surface area (Å²) in [6, 6.07) is 12.9. The second-order valence-corrected chi connectivity index (χ2v) is 9.56. The van der Waals surface area contributed by atoms with Crippen LogP contribution in [0.15, 0.2) is 53.4 Å². The van der Waals surface area contributed by atoms with Crippen molar-refractivity contribution in [2.75, 3.05) is 18.7 Å². The molecule has 0 saturated carbocycles. The maximum atomic E-state index is 12.9. The molecule has 3 aromatic rings. The number of aryl methyl sites for hydroxylation is 1. The van der Waals surface area contributed by atoms with Crippen LogP contribution in [0.2, 0.25) is 0 Å². The van der Waals surface area contributed by atoms with E-state index in [0.29, 0.717) is 46.1 Å². The van der Waals surface area contributed by atoms with Crippen molar-refractivity contribution in [1.82, 2.24) is 4.98 Å². The van der Waals surface area contributed by atoms with Crippen molar-refractivity contribution in [1.29, 1.82) is 0 Å². The first-order chi connectivity index (χ1) is 15.6. The highest BCUT2D eigenvalue weighted by Gasteiger charge is 2.24. The molecule has 33 heavy (non-hydrogen) atoms. The lowest BCUT2D eigenvalue weighted by Crippen LogP contribution is -2.15. The molecule has 8 nitrogen and oxygen atoms in total. The Morgan fingerprint density at radius 2 is 1.58 bits per heavy atom. The van der Waals surface area contributed by atoms with Gasteiger partial charge in [0.2, 0.25) is 0 Å². The van der Waals surface area contributed by atoms with E-state index in [1.54, 1.807) is 43.3 Å². The van der Waals surface area contributed by atoms with Gasteiger partial charge in [-0.2, -0.15) is 0 Å². The van der Waals surface area contributed by atoms with Crippen molar-refractivity contribution >= 4 is 27.4 Å². The lowest BCUT2D eigenvalue weighted by atomic mass is 10.0. The van der Waals surface area contributed by atoms with Crippen molar-refractivity contribution in [3.8, 4) is 11.5 Å². The molecule has 9 heteroatoms. The Balaban J connectivity index is 1.74. The van der Waals surface area contributed by atoms with E-state index in [-0.39, 0.29) is 10.8 Å². The summed E-state index contributed by atoms with van der Waals surface area (Å²) >= 11 is 0. The van der Waals surface area contributed by atoms with Crippen molar-refractivity contribution in [3.63, 3.8) is 0 Å². The third-order valence-electron chi connectivity index (χ3n) is 5.01. The number of hydrogen-bond donors (Lipinski definition) is 2. The number of aromatic amines is 1. The maximum absolute atomic E-state index is 12.9. The molecule has 0 unspecified atom stereocenters. The van der Waals surface area contributed by atoms with E-state index in [2.05, 4.69) is 10.3 Å². The number of sulfone groups is 1. The lowest BCUT2D eigenvalue weighted by Gasteiger charge is -2.09. The number of aromatic nitrogens is 1. The number of benzene rings is 2. The molecule has 174 valence electrons. The zero-order valence-electron chi connectivity index (χ0n) is 18.9. The number of carbonyl (C=O) groups is 2. The summed E-state index contributed by atoms with van der Waals surface area (Å²) in [6.07, 6.45) is 2.47. The summed E-state index contributed by atoms with van der Waals surface area (Å²) in [7, 11) is -1.96. The Bertz CT molecular complexity index is 1260. The van der Waals surface area contributed by atoms with Gasteiger partial charge in [0, 0.05) is 17.6 Å². The predicted molar refractivity (Wildman–Crippen MR) is 125 cm³/mol. The Morgan fingerprint density at radius 1 is 1.00 bits per heavy atom. The number of rotatable bonds is 8. The van der Waals surface area contributed by atoms with E-state index in [4.69, 9.17) is 9.47 Å². The molecular formula is C24H26N2O6S. The molecule has 2 N–H and O–H groups in total. The number of nitrogens with one attached hydrogen (secondary N) is 2. The van der Waals surface area contributed by atoms with Gasteiger partial charge in [-0.1, -0.05) is 13.3 Å². The summed E-state index contributed by atoms with van der Waals surface area (Å²) in [4.78, 5) is 28.3. The van der Waals surface area contributed by atoms with Crippen LogP contribution >= 0.6 is 0 Å². The van der Waals surface area contributed by atoms with Gasteiger partial charge < -0.3 is 19.8 Å². The van der Waals surface area contributed by atoms with Crippen LogP contribution in [0.3, 0.4) is 0 Å². The number of ether oxygens (including phenoxy) is 2. The van der Waals surface area contributed by atoms with E-state index in [9.17, 15) is 18.0 Å². The first-order valence-electron chi connectivity index (χ1n) is 10.3. The average molecular weight is 471 g/mol. The van der Waals surface area contributed by atoms with E-state index in [0.717, 1.165) is 12.7 Å². The molecule has 0 bridgehead atoms. The molecule has 1 amide bonds. The Hall–Kier alpha value is -3.59. The first kappa shape index (κ1) is 24.1. The maximum Gasteiger partial charge on any atom is 0.339 e. The molecule has 0 aliphatic carbocycles. The monoisotopic (exact) mass is 470 g/mol. The Kier molecular flexibility index (Phi) is 7.23. The standard InChI is InChI=1S/C24H26N2O6S/c1-5-6-20-21(24(28)31-3)15(2)25-22(20)23(27)26-16-7-9-17(10-8-16)32-18-11-13-19(14-12-18)33(4,29)30/h7-14,25H,5-6H2,1-4H3,(H,26,27). The largest absolute Gasteiger partial charge is 0.465 e. The van der Waals surface area contributed by atoms with Crippen LogP contribution in [0, 0.1) is 6.92 Å². The minimum Gasteiger partial charge on any atom is -0.465 e. The highest BCUT2D eigenvalue weighted by Crippen LogP contribution is 2.26. The second-order valence-electron chi connectivity index (χ2n) is 7.54. The van der Waals surface area contributed by atoms with Gasteiger partial charge in [0.25, 0.3) is 5.91 Å².